The van der Waals surface area contributed by atoms with E-state index in [2.05, 4.69) is 152 Å². The van der Waals surface area contributed by atoms with Gasteiger partial charge in [-0.25, -0.2) is 9.97 Å². The van der Waals surface area contributed by atoms with Crippen molar-refractivity contribution in [2.75, 3.05) is 0 Å². The Morgan fingerprint density at radius 1 is 0.288 bits per heavy atom. The number of hydrogen-bond acceptors (Lipinski definition) is 3. The Bertz CT molecular complexity index is 2930. The summed E-state index contributed by atoms with van der Waals surface area (Å²) in [4.78, 5) is 15.1. The summed E-state index contributed by atoms with van der Waals surface area (Å²) in [5.41, 5.74) is 13.6. The van der Waals surface area contributed by atoms with E-state index in [9.17, 15) is 0 Å². The molecule has 0 saturated carbocycles. The minimum absolute atomic E-state index is 0.871. The second-order valence-corrected chi connectivity index (χ2v) is 13.2. The molecular formula is C49H31N3. The average molecular weight is 662 g/mol. The van der Waals surface area contributed by atoms with Crippen LogP contribution in [-0.2, 0) is 0 Å². The molecule has 0 aliphatic carbocycles. The van der Waals surface area contributed by atoms with E-state index in [-0.39, 0.29) is 0 Å². The van der Waals surface area contributed by atoms with Crippen LogP contribution in [0.2, 0.25) is 0 Å². The van der Waals surface area contributed by atoms with E-state index >= 15 is 0 Å². The summed E-state index contributed by atoms with van der Waals surface area (Å²) in [5, 5.41) is 5.98. The zero-order valence-corrected chi connectivity index (χ0v) is 28.2. The first-order valence-electron chi connectivity index (χ1n) is 17.6. The first kappa shape index (κ1) is 29.9. The van der Waals surface area contributed by atoms with E-state index < -0.39 is 0 Å². The number of rotatable bonds is 5. The van der Waals surface area contributed by atoms with Crippen LogP contribution < -0.4 is 0 Å². The smallest absolute Gasteiger partial charge is 0.0973 e. The highest BCUT2D eigenvalue weighted by Gasteiger charge is 2.16. The van der Waals surface area contributed by atoms with Gasteiger partial charge < -0.3 is 0 Å². The third kappa shape index (κ3) is 5.19. The highest BCUT2D eigenvalue weighted by atomic mass is 14.8. The summed E-state index contributed by atoms with van der Waals surface area (Å²) < 4.78 is 0. The summed E-state index contributed by atoms with van der Waals surface area (Å²) >= 11 is 0. The molecule has 0 bridgehead atoms. The van der Waals surface area contributed by atoms with Crippen LogP contribution in [0, 0.1) is 0 Å². The fourth-order valence-electron chi connectivity index (χ4n) is 7.49. The van der Waals surface area contributed by atoms with Gasteiger partial charge in [-0.2, -0.15) is 0 Å². The SMILES string of the molecule is c1ccc(-c2ccc(-c3nc4ccccc4nc3-c3ccc(-c4ccc(-c5ccc6c(c5)ncc5ccccc56)c5ccccc45)cc3)cc2)cc1. The van der Waals surface area contributed by atoms with Gasteiger partial charge in [0, 0.05) is 28.1 Å². The van der Waals surface area contributed by atoms with Crippen molar-refractivity contribution < 1.29 is 0 Å². The van der Waals surface area contributed by atoms with Gasteiger partial charge in [-0.1, -0.05) is 164 Å². The molecule has 3 nitrogen and oxygen atoms in total. The number of nitrogens with zero attached hydrogens (tertiary/aromatic N) is 3. The third-order valence-corrected chi connectivity index (χ3v) is 10.1. The molecule has 0 radical (unpaired) electrons. The molecule has 242 valence electrons. The molecule has 0 aliphatic rings. The normalized spacial score (nSPS) is 11.5. The number of fused-ring (bicyclic) bond motifs is 5. The van der Waals surface area contributed by atoms with Gasteiger partial charge in [0.05, 0.1) is 27.9 Å². The van der Waals surface area contributed by atoms with Gasteiger partial charge in [-0.05, 0) is 67.7 Å². The standard InChI is InChI=1S/C49H31N3/c1-2-10-32(11-3-1)33-18-22-35(23-19-33)48-49(52-46-17-9-8-16-45(46)51-48)36-24-20-34(21-25-36)40-28-29-41(43-15-7-6-14-42(40)43)37-26-27-44-39-13-5-4-12-38(39)31-50-47(44)30-37/h1-31H. The van der Waals surface area contributed by atoms with Crippen molar-refractivity contribution in [1.82, 2.24) is 15.0 Å². The fourth-order valence-corrected chi connectivity index (χ4v) is 7.49. The molecular weight excluding hydrogens is 631 g/mol. The van der Waals surface area contributed by atoms with Crippen molar-refractivity contribution in [3.05, 3.63) is 188 Å². The van der Waals surface area contributed by atoms with Crippen LogP contribution in [0.15, 0.2) is 188 Å². The van der Waals surface area contributed by atoms with Crippen molar-refractivity contribution in [2.24, 2.45) is 0 Å². The lowest BCUT2D eigenvalue weighted by Crippen LogP contribution is -1.95. The molecule has 10 rings (SSSR count). The van der Waals surface area contributed by atoms with Crippen LogP contribution in [0.5, 0.6) is 0 Å². The molecule has 0 saturated heterocycles. The largest absolute Gasteiger partial charge is 0.256 e. The monoisotopic (exact) mass is 661 g/mol. The lowest BCUT2D eigenvalue weighted by molar-refractivity contribution is 1.29. The van der Waals surface area contributed by atoms with E-state index in [0.29, 0.717) is 0 Å². The van der Waals surface area contributed by atoms with Crippen molar-refractivity contribution in [3.8, 4) is 55.9 Å². The Morgan fingerprint density at radius 3 is 1.42 bits per heavy atom. The van der Waals surface area contributed by atoms with Gasteiger partial charge in [0.2, 0.25) is 0 Å². The fraction of sp³-hybridized carbons (Fsp3) is 0. The predicted octanol–water partition coefficient (Wildman–Crippen LogP) is 12.8. The number of para-hydroxylation sites is 2. The highest BCUT2D eigenvalue weighted by molar-refractivity contribution is 6.09. The number of pyridine rings is 1. The average Bonchev–Trinajstić information content (AvgIpc) is 3.23. The quantitative estimate of drug-likeness (QED) is 0.172. The van der Waals surface area contributed by atoms with E-state index in [1.807, 2.05) is 36.5 Å². The summed E-state index contributed by atoms with van der Waals surface area (Å²) in [7, 11) is 0. The lowest BCUT2D eigenvalue weighted by atomic mass is 9.91. The Morgan fingerprint density at radius 2 is 0.769 bits per heavy atom. The van der Waals surface area contributed by atoms with Gasteiger partial charge in [0.15, 0.2) is 0 Å². The zero-order valence-electron chi connectivity index (χ0n) is 28.2. The minimum Gasteiger partial charge on any atom is -0.256 e. The molecule has 0 atom stereocenters. The van der Waals surface area contributed by atoms with Crippen LogP contribution in [0.25, 0.3) is 99.4 Å². The zero-order chi connectivity index (χ0) is 34.4. The second kappa shape index (κ2) is 12.4. The summed E-state index contributed by atoms with van der Waals surface area (Å²) in [6.07, 6.45) is 1.97. The number of hydrogen-bond donors (Lipinski definition) is 0. The van der Waals surface area contributed by atoms with Crippen LogP contribution in [0.1, 0.15) is 0 Å². The lowest BCUT2D eigenvalue weighted by Gasteiger charge is -2.14. The van der Waals surface area contributed by atoms with Crippen molar-refractivity contribution in [2.45, 2.75) is 0 Å². The second-order valence-electron chi connectivity index (χ2n) is 13.2. The van der Waals surface area contributed by atoms with Gasteiger partial charge in [-0.15, -0.1) is 0 Å². The summed E-state index contributed by atoms with van der Waals surface area (Å²) in [5.74, 6) is 0. The van der Waals surface area contributed by atoms with Crippen molar-refractivity contribution in [1.29, 1.82) is 0 Å². The maximum Gasteiger partial charge on any atom is 0.0973 e. The molecule has 0 unspecified atom stereocenters. The van der Waals surface area contributed by atoms with Crippen LogP contribution in [0.3, 0.4) is 0 Å². The molecule has 0 N–H and O–H groups in total. The van der Waals surface area contributed by atoms with Gasteiger partial charge in [0.25, 0.3) is 0 Å². The molecule has 2 aromatic heterocycles. The molecule has 8 aromatic carbocycles. The third-order valence-electron chi connectivity index (χ3n) is 10.1. The van der Waals surface area contributed by atoms with Gasteiger partial charge in [0.1, 0.15) is 0 Å². The van der Waals surface area contributed by atoms with E-state index in [4.69, 9.17) is 15.0 Å². The Kier molecular flexibility index (Phi) is 7.14. The van der Waals surface area contributed by atoms with Crippen LogP contribution in [-0.4, -0.2) is 15.0 Å². The predicted molar refractivity (Wildman–Crippen MR) is 217 cm³/mol. The number of benzene rings is 8. The first-order valence-corrected chi connectivity index (χ1v) is 17.6. The molecule has 0 aliphatic heterocycles. The minimum atomic E-state index is 0.871. The van der Waals surface area contributed by atoms with Crippen molar-refractivity contribution in [3.63, 3.8) is 0 Å². The maximum atomic E-state index is 5.17. The molecule has 52 heavy (non-hydrogen) atoms. The van der Waals surface area contributed by atoms with E-state index in [1.54, 1.807) is 0 Å². The molecule has 2 heterocycles. The maximum absolute atomic E-state index is 5.17. The van der Waals surface area contributed by atoms with E-state index in [1.165, 1.54) is 43.8 Å². The topological polar surface area (TPSA) is 38.7 Å². The Balaban J connectivity index is 1.04. The van der Waals surface area contributed by atoms with E-state index in [0.717, 1.165) is 55.6 Å². The molecule has 0 amide bonds. The van der Waals surface area contributed by atoms with Gasteiger partial charge >= 0.3 is 0 Å². The number of aromatic nitrogens is 3. The van der Waals surface area contributed by atoms with Crippen LogP contribution in [0.4, 0.5) is 0 Å². The summed E-state index contributed by atoms with van der Waals surface area (Å²) in [6, 6.07) is 64.3. The molecule has 0 fully saturated rings. The highest BCUT2D eigenvalue weighted by Crippen LogP contribution is 2.39. The summed E-state index contributed by atoms with van der Waals surface area (Å²) in [6.45, 7) is 0. The first-order chi connectivity index (χ1) is 25.8. The molecule has 10 aromatic rings. The molecule has 0 spiro atoms. The Hall–Kier alpha value is -6.97. The van der Waals surface area contributed by atoms with Crippen LogP contribution >= 0.6 is 0 Å². The van der Waals surface area contributed by atoms with Crippen molar-refractivity contribution >= 4 is 43.5 Å². The molecule has 3 heteroatoms. The Labute approximate surface area is 301 Å². The van der Waals surface area contributed by atoms with Gasteiger partial charge in [-0.3, -0.25) is 4.98 Å².